The third-order valence-electron chi connectivity index (χ3n) is 4.28. The van der Waals surface area contributed by atoms with Crippen molar-refractivity contribution in [3.05, 3.63) is 41.6 Å². The second kappa shape index (κ2) is 8.03. The first-order valence-electron chi connectivity index (χ1n) is 8.91. The molecule has 0 saturated carbocycles. The molecule has 1 fully saturated rings. The van der Waals surface area contributed by atoms with Crippen molar-refractivity contribution in [2.24, 2.45) is 0 Å². The number of aryl methyl sites for hydroxylation is 2. The zero-order chi connectivity index (χ0) is 18.5. The molecule has 2 heterocycles. The molecule has 26 heavy (non-hydrogen) atoms. The van der Waals surface area contributed by atoms with Gasteiger partial charge in [-0.15, -0.1) is 0 Å². The summed E-state index contributed by atoms with van der Waals surface area (Å²) in [5.74, 6) is 1.45. The van der Waals surface area contributed by atoms with Gasteiger partial charge in [-0.25, -0.2) is 9.78 Å². The van der Waals surface area contributed by atoms with E-state index >= 15 is 0 Å². The van der Waals surface area contributed by atoms with Crippen LogP contribution in [0.25, 0.3) is 0 Å². The van der Waals surface area contributed by atoms with Crippen LogP contribution in [0, 0.1) is 13.8 Å². The Morgan fingerprint density at radius 2 is 1.81 bits per heavy atom. The molecule has 0 radical (unpaired) electrons. The van der Waals surface area contributed by atoms with Gasteiger partial charge in [-0.05, 0) is 32.9 Å². The van der Waals surface area contributed by atoms with Gasteiger partial charge in [0.15, 0.2) is 0 Å². The fourth-order valence-corrected chi connectivity index (χ4v) is 2.87. The molecule has 1 aliphatic rings. The van der Waals surface area contributed by atoms with E-state index < -0.39 is 0 Å². The molecule has 0 unspecified atom stereocenters. The molecule has 0 bridgehead atoms. The molecule has 1 amide bonds. The monoisotopic (exact) mass is 355 g/mol. The predicted molar refractivity (Wildman–Crippen MR) is 102 cm³/mol. The highest BCUT2D eigenvalue weighted by molar-refractivity contribution is 5.68. The highest BCUT2D eigenvalue weighted by atomic mass is 16.6. The molecule has 3 rings (SSSR count). The van der Waals surface area contributed by atoms with Crippen molar-refractivity contribution in [3.8, 4) is 0 Å². The summed E-state index contributed by atoms with van der Waals surface area (Å²) < 4.78 is 5.07. The van der Waals surface area contributed by atoms with Gasteiger partial charge in [0.25, 0.3) is 0 Å². The van der Waals surface area contributed by atoms with Crippen LogP contribution < -0.4 is 10.2 Å². The van der Waals surface area contributed by atoms with E-state index in [1.165, 1.54) is 5.56 Å². The molecular formula is C19H25N5O2. The number of rotatable bonds is 4. The van der Waals surface area contributed by atoms with E-state index in [0.29, 0.717) is 25.6 Å². The number of ether oxygens (including phenoxy) is 1. The molecule has 7 heteroatoms. The van der Waals surface area contributed by atoms with Gasteiger partial charge < -0.3 is 19.9 Å². The lowest BCUT2D eigenvalue weighted by atomic mass is 10.2. The summed E-state index contributed by atoms with van der Waals surface area (Å²) in [6.45, 7) is 8.93. The van der Waals surface area contributed by atoms with Crippen molar-refractivity contribution < 1.29 is 9.53 Å². The summed E-state index contributed by atoms with van der Waals surface area (Å²) in [5.41, 5.74) is 3.07. The van der Waals surface area contributed by atoms with Gasteiger partial charge in [-0.2, -0.15) is 4.98 Å². The minimum Gasteiger partial charge on any atom is -0.450 e. The Morgan fingerprint density at radius 1 is 1.12 bits per heavy atom. The van der Waals surface area contributed by atoms with Crippen molar-refractivity contribution in [1.82, 2.24) is 14.9 Å². The third-order valence-corrected chi connectivity index (χ3v) is 4.28. The van der Waals surface area contributed by atoms with Gasteiger partial charge in [0.2, 0.25) is 5.95 Å². The summed E-state index contributed by atoms with van der Waals surface area (Å²) in [4.78, 5) is 24.9. The predicted octanol–water partition coefficient (Wildman–Crippen LogP) is 3.12. The van der Waals surface area contributed by atoms with Crippen LogP contribution in [0.15, 0.2) is 30.3 Å². The number of carbonyl (C=O) groups is 1. The normalized spacial score (nSPS) is 14.3. The Hall–Kier alpha value is -2.83. The second-order valence-corrected chi connectivity index (χ2v) is 6.36. The minimum atomic E-state index is -0.243. The van der Waals surface area contributed by atoms with Crippen molar-refractivity contribution in [1.29, 1.82) is 0 Å². The Morgan fingerprint density at radius 3 is 2.46 bits per heavy atom. The van der Waals surface area contributed by atoms with Crippen molar-refractivity contribution in [3.63, 3.8) is 0 Å². The van der Waals surface area contributed by atoms with Crippen LogP contribution in [0.2, 0.25) is 0 Å². The van der Waals surface area contributed by atoms with Crippen molar-refractivity contribution in [2.45, 2.75) is 20.8 Å². The van der Waals surface area contributed by atoms with Gasteiger partial charge in [0, 0.05) is 43.6 Å². The summed E-state index contributed by atoms with van der Waals surface area (Å²) in [6.07, 6.45) is -0.243. The van der Waals surface area contributed by atoms with E-state index in [-0.39, 0.29) is 6.09 Å². The number of nitrogens with zero attached hydrogens (tertiary/aromatic N) is 4. The minimum absolute atomic E-state index is 0.243. The number of benzene rings is 1. The average Bonchev–Trinajstić information content (AvgIpc) is 2.63. The van der Waals surface area contributed by atoms with Gasteiger partial charge in [0.05, 0.1) is 6.61 Å². The molecule has 1 saturated heterocycles. The molecule has 7 nitrogen and oxygen atoms in total. The lowest BCUT2D eigenvalue weighted by molar-refractivity contribution is 0.105. The summed E-state index contributed by atoms with van der Waals surface area (Å²) in [5, 5.41) is 3.26. The molecule has 0 atom stereocenters. The van der Waals surface area contributed by atoms with Crippen LogP contribution in [0.3, 0.4) is 0 Å². The molecular weight excluding hydrogens is 330 g/mol. The number of carbonyl (C=O) groups excluding carboxylic acids is 1. The Bertz CT molecular complexity index is 755. The SMILES string of the molecule is CCOC(=O)N1CCN(c2cc(C)nc(Nc3ccc(C)cc3)n2)CC1. The summed E-state index contributed by atoms with van der Waals surface area (Å²) in [7, 11) is 0. The zero-order valence-corrected chi connectivity index (χ0v) is 15.5. The number of amides is 1. The Balaban J connectivity index is 1.68. The van der Waals surface area contributed by atoms with E-state index in [1.807, 2.05) is 44.2 Å². The van der Waals surface area contributed by atoms with Gasteiger partial charge >= 0.3 is 6.09 Å². The van der Waals surface area contributed by atoms with Crippen molar-refractivity contribution >= 4 is 23.5 Å². The lowest BCUT2D eigenvalue weighted by Crippen LogP contribution is -2.49. The molecule has 1 N–H and O–H groups in total. The molecule has 0 aliphatic carbocycles. The van der Waals surface area contributed by atoms with Gasteiger partial charge in [-0.1, -0.05) is 17.7 Å². The van der Waals surface area contributed by atoms with Crippen LogP contribution in [0.1, 0.15) is 18.2 Å². The lowest BCUT2D eigenvalue weighted by Gasteiger charge is -2.34. The summed E-state index contributed by atoms with van der Waals surface area (Å²) in [6, 6.07) is 10.1. The molecule has 1 aromatic heterocycles. The van der Waals surface area contributed by atoms with Crippen molar-refractivity contribution in [2.75, 3.05) is 43.0 Å². The molecule has 2 aromatic rings. The highest BCUT2D eigenvalue weighted by Gasteiger charge is 2.23. The maximum Gasteiger partial charge on any atom is 0.409 e. The zero-order valence-electron chi connectivity index (χ0n) is 15.5. The molecule has 138 valence electrons. The van der Waals surface area contributed by atoms with Gasteiger partial charge in [-0.3, -0.25) is 0 Å². The van der Waals surface area contributed by atoms with E-state index in [0.717, 1.165) is 30.3 Å². The number of anilines is 3. The van der Waals surface area contributed by atoms with Gasteiger partial charge in [0.1, 0.15) is 5.82 Å². The van der Waals surface area contributed by atoms with Crippen LogP contribution in [-0.4, -0.2) is 53.7 Å². The first-order valence-corrected chi connectivity index (χ1v) is 8.91. The maximum atomic E-state index is 11.8. The maximum absolute atomic E-state index is 11.8. The number of hydrogen-bond acceptors (Lipinski definition) is 6. The topological polar surface area (TPSA) is 70.6 Å². The Kier molecular flexibility index (Phi) is 5.55. The summed E-state index contributed by atoms with van der Waals surface area (Å²) >= 11 is 0. The van der Waals surface area contributed by atoms with E-state index in [1.54, 1.807) is 4.90 Å². The van der Waals surface area contributed by atoms with Crippen LogP contribution in [0.5, 0.6) is 0 Å². The van der Waals surface area contributed by atoms with Crippen LogP contribution in [0.4, 0.5) is 22.2 Å². The second-order valence-electron chi connectivity index (χ2n) is 6.36. The smallest absolute Gasteiger partial charge is 0.409 e. The number of hydrogen-bond donors (Lipinski definition) is 1. The number of piperazine rings is 1. The van der Waals surface area contributed by atoms with E-state index in [4.69, 9.17) is 4.74 Å². The molecule has 1 aromatic carbocycles. The van der Waals surface area contributed by atoms with E-state index in [9.17, 15) is 4.79 Å². The van der Waals surface area contributed by atoms with Crippen LogP contribution in [-0.2, 0) is 4.74 Å². The largest absolute Gasteiger partial charge is 0.450 e. The first-order chi connectivity index (χ1) is 12.5. The number of nitrogens with one attached hydrogen (secondary N) is 1. The van der Waals surface area contributed by atoms with E-state index in [2.05, 4.69) is 27.1 Å². The average molecular weight is 355 g/mol. The highest BCUT2D eigenvalue weighted by Crippen LogP contribution is 2.20. The molecule has 1 aliphatic heterocycles. The van der Waals surface area contributed by atoms with Crippen LogP contribution >= 0.6 is 0 Å². The first kappa shape index (κ1) is 18.0. The standard InChI is InChI=1S/C19H25N5O2/c1-4-26-19(25)24-11-9-23(10-12-24)17-13-15(3)20-18(22-17)21-16-7-5-14(2)6-8-16/h5-8,13H,4,9-12H2,1-3H3,(H,20,21,22). The fourth-order valence-electron chi connectivity index (χ4n) is 2.87. The quantitative estimate of drug-likeness (QED) is 0.909. The fraction of sp³-hybridized carbons (Fsp3) is 0.421. The number of aromatic nitrogens is 2. The molecule has 0 spiro atoms. The Labute approximate surface area is 154 Å². The third kappa shape index (κ3) is 4.41.